The molecule has 0 spiro atoms. The van der Waals surface area contributed by atoms with Crippen molar-refractivity contribution in [2.75, 3.05) is 14.1 Å². The first-order valence-electron chi connectivity index (χ1n) is 7.45. The Hall–Kier alpha value is -2.55. The molecule has 0 aliphatic rings. The number of hydrogen-bond donors (Lipinski definition) is 0. The van der Waals surface area contributed by atoms with E-state index in [-0.39, 0.29) is 5.91 Å². The normalized spacial score (nSPS) is 10.8. The Bertz CT molecular complexity index is 785. The number of likely N-dealkylation sites (N-methyl/N-ethyl adjacent to an activating group) is 1. The van der Waals surface area contributed by atoms with Gasteiger partial charge in [-0.05, 0) is 28.6 Å². The second-order valence-electron chi connectivity index (χ2n) is 5.78. The van der Waals surface area contributed by atoms with Gasteiger partial charge < -0.3 is 9.47 Å². The molecule has 2 aromatic carbocycles. The predicted molar refractivity (Wildman–Crippen MR) is 89.9 cm³/mol. The van der Waals surface area contributed by atoms with Gasteiger partial charge in [-0.3, -0.25) is 4.79 Å². The molecule has 0 radical (unpaired) electrons. The lowest BCUT2D eigenvalue weighted by molar-refractivity contribution is -0.127. The van der Waals surface area contributed by atoms with E-state index < -0.39 is 0 Å². The summed E-state index contributed by atoms with van der Waals surface area (Å²) < 4.78 is 2.25. The minimum absolute atomic E-state index is 0.129. The van der Waals surface area contributed by atoms with Crippen molar-refractivity contribution in [3.63, 3.8) is 0 Å². The third-order valence-corrected chi connectivity index (χ3v) is 3.91. The summed E-state index contributed by atoms with van der Waals surface area (Å²) in [4.78, 5) is 13.3. The van der Waals surface area contributed by atoms with Crippen LogP contribution in [0.2, 0.25) is 0 Å². The lowest BCUT2D eigenvalue weighted by Gasteiger charge is -2.11. The topological polar surface area (TPSA) is 25.2 Å². The number of nitrogens with zero attached hydrogens (tertiary/aromatic N) is 2. The van der Waals surface area contributed by atoms with Gasteiger partial charge in [0.1, 0.15) is 0 Å². The third-order valence-electron chi connectivity index (χ3n) is 3.91. The average molecular weight is 292 g/mol. The van der Waals surface area contributed by atoms with Crippen LogP contribution in [0.1, 0.15) is 11.1 Å². The van der Waals surface area contributed by atoms with E-state index in [2.05, 4.69) is 53.2 Å². The zero-order valence-electron chi connectivity index (χ0n) is 13.0. The van der Waals surface area contributed by atoms with Gasteiger partial charge in [-0.1, -0.05) is 42.5 Å². The standard InChI is InChI=1S/C19H20N2O/c1-20(2)19(22)13-15-7-9-16(10-8-15)14-21-12-11-17-5-3-4-6-18(17)21/h3-12H,13-14H2,1-2H3. The van der Waals surface area contributed by atoms with Crippen LogP contribution in [0.5, 0.6) is 0 Å². The summed E-state index contributed by atoms with van der Waals surface area (Å²) in [5, 5.41) is 1.26. The fourth-order valence-electron chi connectivity index (χ4n) is 2.57. The molecule has 3 heteroatoms. The summed E-state index contributed by atoms with van der Waals surface area (Å²) in [6.45, 7) is 0.843. The maximum Gasteiger partial charge on any atom is 0.226 e. The average Bonchev–Trinajstić information content (AvgIpc) is 2.92. The van der Waals surface area contributed by atoms with Crippen molar-refractivity contribution in [2.45, 2.75) is 13.0 Å². The summed E-state index contributed by atoms with van der Waals surface area (Å²) >= 11 is 0. The third kappa shape index (κ3) is 3.03. The molecule has 1 aromatic heterocycles. The molecule has 0 aliphatic carbocycles. The van der Waals surface area contributed by atoms with Crippen LogP contribution in [0.3, 0.4) is 0 Å². The molecule has 0 aliphatic heterocycles. The molecule has 22 heavy (non-hydrogen) atoms. The Morgan fingerprint density at radius 2 is 1.64 bits per heavy atom. The molecule has 0 saturated heterocycles. The Morgan fingerprint density at radius 3 is 2.36 bits per heavy atom. The van der Waals surface area contributed by atoms with Gasteiger partial charge in [0.05, 0.1) is 6.42 Å². The number of hydrogen-bond acceptors (Lipinski definition) is 1. The van der Waals surface area contributed by atoms with Gasteiger partial charge in [-0.2, -0.15) is 0 Å². The molecule has 0 bridgehead atoms. The Morgan fingerprint density at radius 1 is 0.955 bits per heavy atom. The molecule has 0 fully saturated rings. The van der Waals surface area contributed by atoms with E-state index in [0.29, 0.717) is 6.42 Å². The minimum atomic E-state index is 0.129. The van der Waals surface area contributed by atoms with Crippen molar-refractivity contribution < 1.29 is 4.79 Å². The Kier molecular flexibility index (Phi) is 3.96. The molecule has 0 saturated carbocycles. The fourth-order valence-corrected chi connectivity index (χ4v) is 2.57. The molecule has 112 valence electrons. The molecule has 0 unspecified atom stereocenters. The lowest BCUT2D eigenvalue weighted by atomic mass is 10.1. The molecule has 1 heterocycles. The van der Waals surface area contributed by atoms with Gasteiger partial charge >= 0.3 is 0 Å². The summed E-state index contributed by atoms with van der Waals surface area (Å²) in [7, 11) is 3.57. The van der Waals surface area contributed by atoms with Gasteiger partial charge in [0.15, 0.2) is 0 Å². The van der Waals surface area contributed by atoms with Crippen LogP contribution < -0.4 is 0 Å². The van der Waals surface area contributed by atoms with E-state index in [0.717, 1.165) is 12.1 Å². The molecular formula is C19H20N2O. The van der Waals surface area contributed by atoms with Crippen molar-refractivity contribution in [2.24, 2.45) is 0 Å². The quantitative estimate of drug-likeness (QED) is 0.724. The lowest BCUT2D eigenvalue weighted by Crippen LogP contribution is -2.23. The minimum Gasteiger partial charge on any atom is -0.349 e. The highest BCUT2D eigenvalue weighted by atomic mass is 16.2. The van der Waals surface area contributed by atoms with Crippen LogP contribution in [-0.4, -0.2) is 29.5 Å². The van der Waals surface area contributed by atoms with Crippen molar-refractivity contribution in [1.82, 2.24) is 9.47 Å². The summed E-state index contributed by atoms with van der Waals surface area (Å²) in [6.07, 6.45) is 2.58. The van der Waals surface area contributed by atoms with Crippen molar-refractivity contribution in [3.8, 4) is 0 Å². The molecule has 0 N–H and O–H groups in total. The first kappa shape index (κ1) is 14.4. The Balaban J connectivity index is 1.75. The van der Waals surface area contributed by atoms with Crippen molar-refractivity contribution in [1.29, 1.82) is 0 Å². The first-order valence-corrected chi connectivity index (χ1v) is 7.45. The number of para-hydroxylation sites is 1. The van der Waals surface area contributed by atoms with Crippen LogP contribution in [0.25, 0.3) is 10.9 Å². The molecule has 3 rings (SSSR count). The van der Waals surface area contributed by atoms with Gasteiger partial charge in [-0.15, -0.1) is 0 Å². The number of carbonyl (C=O) groups excluding carboxylic acids is 1. The van der Waals surface area contributed by atoms with Crippen LogP contribution in [0, 0.1) is 0 Å². The Labute approximate surface area is 130 Å². The first-order chi connectivity index (χ1) is 10.6. The highest BCUT2D eigenvalue weighted by Crippen LogP contribution is 2.17. The van der Waals surface area contributed by atoms with Gasteiger partial charge in [-0.25, -0.2) is 0 Å². The molecule has 3 aromatic rings. The number of benzene rings is 2. The predicted octanol–water partition coefficient (Wildman–Crippen LogP) is 3.32. The van der Waals surface area contributed by atoms with E-state index in [1.165, 1.54) is 16.5 Å². The van der Waals surface area contributed by atoms with E-state index in [4.69, 9.17) is 0 Å². The van der Waals surface area contributed by atoms with Gasteiger partial charge in [0.2, 0.25) is 5.91 Å². The number of rotatable bonds is 4. The second kappa shape index (κ2) is 6.06. The number of amides is 1. The second-order valence-corrected chi connectivity index (χ2v) is 5.78. The van der Waals surface area contributed by atoms with Crippen molar-refractivity contribution >= 4 is 16.8 Å². The summed E-state index contributed by atoms with van der Waals surface area (Å²) in [6, 6.07) is 18.8. The monoisotopic (exact) mass is 292 g/mol. The van der Waals surface area contributed by atoms with Crippen molar-refractivity contribution in [3.05, 3.63) is 71.9 Å². The SMILES string of the molecule is CN(C)C(=O)Cc1ccc(Cn2ccc3ccccc32)cc1. The maximum atomic E-state index is 11.7. The summed E-state index contributed by atoms with van der Waals surface area (Å²) in [5.74, 6) is 0.129. The van der Waals surface area contributed by atoms with Gasteiger partial charge in [0, 0.05) is 32.4 Å². The van der Waals surface area contributed by atoms with E-state index >= 15 is 0 Å². The zero-order chi connectivity index (χ0) is 15.5. The fraction of sp³-hybridized carbons (Fsp3) is 0.211. The largest absolute Gasteiger partial charge is 0.349 e. The number of aromatic nitrogens is 1. The van der Waals surface area contributed by atoms with E-state index in [9.17, 15) is 4.79 Å². The highest BCUT2D eigenvalue weighted by Gasteiger charge is 2.06. The van der Waals surface area contributed by atoms with E-state index in [1.807, 2.05) is 12.1 Å². The zero-order valence-corrected chi connectivity index (χ0v) is 13.0. The molecule has 1 amide bonds. The molecule has 0 atom stereocenters. The van der Waals surface area contributed by atoms with E-state index in [1.54, 1.807) is 19.0 Å². The van der Waals surface area contributed by atoms with Crippen LogP contribution in [-0.2, 0) is 17.8 Å². The van der Waals surface area contributed by atoms with Crippen LogP contribution in [0.15, 0.2) is 60.8 Å². The number of fused-ring (bicyclic) bond motifs is 1. The molecule has 3 nitrogen and oxygen atoms in total. The van der Waals surface area contributed by atoms with Gasteiger partial charge in [0.25, 0.3) is 0 Å². The number of carbonyl (C=O) groups is 1. The highest BCUT2D eigenvalue weighted by molar-refractivity contribution is 5.80. The smallest absolute Gasteiger partial charge is 0.226 e. The summed E-state index contributed by atoms with van der Waals surface area (Å²) in [5.41, 5.74) is 3.54. The van der Waals surface area contributed by atoms with Crippen LogP contribution in [0.4, 0.5) is 0 Å². The maximum absolute atomic E-state index is 11.7. The van der Waals surface area contributed by atoms with Crippen LogP contribution >= 0.6 is 0 Å². The molecular weight excluding hydrogens is 272 g/mol.